The highest BCUT2D eigenvalue weighted by Gasteiger charge is 2.77. The summed E-state index contributed by atoms with van der Waals surface area (Å²) in [5, 5.41) is 15.5. The molecule has 11 nitrogen and oxygen atoms in total. The zero-order valence-corrected chi connectivity index (χ0v) is 32.2. The Balaban J connectivity index is 1.39. The van der Waals surface area contributed by atoms with Crippen LogP contribution in [0.2, 0.25) is 0 Å². The molecule has 54 heavy (non-hydrogen) atoms. The molecule has 2 bridgehead atoms. The average Bonchev–Trinajstić information content (AvgIpc) is 3.78. The second-order valence-corrected chi connectivity index (χ2v) is 15.3. The van der Waals surface area contributed by atoms with E-state index in [-0.39, 0.29) is 43.3 Å². The number of alkyl halides is 1. The molecule has 12 heteroatoms. The number of fused-ring (bicyclic) bond motifs is 2. The second kappa shape index (κ2) is 17.0. The smallest absolute Gasteiger partial charge is 0.313 e. The van der Waals surface area contributed by atoms with Gasteiger partial charge in [0.25, 0.3) is 5.91 Å². The highest BCUT2D eigenvalue weighted by atomic mass is 79.9. The number of anilines is 1. The summed E-state index contributed by atoms with van der Waals surface area (Å²) in [6.45, 7) is 9.26. The molecule has 0 aliphatic carbocycles. The number of methoxy groups -OCH3 is 1. The summed E-state index contributed by atoms with van der Waals surface area (Å²) in [7, 11) is 1.50. The molecule has 2 N–H and O–H groups in total. The number of allylic oxidation sites excluding steroid dienone is 1. The topological polar surface area (TPSA) is 135 Å². The zero-order valence-electron chi connectivity index (χ0n) is 30.6. The van der Waals surface area contributed by atoms with Crippen LogP contribution in [0.15, 0.2) is 98.1 Å². The molecule has 9 atom stereocenters. The maximum atomic E-state index is 15.1. The first-order valence-electron chi connectivity index (χ1n) is 18.4. The zero-order chi connectivity index (χ0) is 38.6. The summed E-state index contributed by atoms with van der Waals surface area (Å²) in [4.78, 5) is 60.2. The minimum Gasteiger partial charge on any atom is -0.455 e. The van der Waals surface area contributed by atoms with Gasteiger partial charge in [-0.2, -0.15) is 0 Å². The Bertz CT molecular complexity index is 1870. The number of hydrogen-bond acceptors (Lipinski definition) is 8. The molecule has 3 aromatic rings. The Morgan fingerprint density at radius 3 is 2.48 bits per heavy atom. The first-order valence-corrected chi connectivity index (χ1v) is 19.4. The van der Waals surface area contributed by atoms with E-state index in [2.05, 4.69) is 34.4 Å². The summed E-state index contributed by atoms with van der Waals surface area (Å²) in [6.07, 6.45) is 2.82. The van der Waals surface area contributed by atoms with Gasteiger partial charge < -0.3 is 34.4 Å². The Kier molecular flexibility index (Phi) is 12.4. The monoisotopic (exact) mass is 801 g/mol. The fourth-order valence-electron chi connectivity index (χ4n) is 8.49. The van der Waals surface area contributed by atoms with Gasteiger partial charge in [-0.1, -0.05) is 95.7 Å². The van der Waals surface area contributed by atoms with Crippen molar-refractivity contribution in [3.63, 3.8) is 0 Å². The van der Waals surface area contributed by atoms with Gasteiger partial charge in [-0.15, -0.1) is 13.2 Å². The predicted octanol–water partition coefficient (Wildman–Crippen LogP) is 5.26. The lowest BCUT2D eigenvalue weighted by Gasteiger charge is -2.39. The van der Waals surface area contributed by atoms with E-state index in [1.807, 2.05) is 67.6 Å². The van der Waals surface area contributed by atoms with Gasteiger partial charge in [0.2, 0.25) is 11.8 Å². The van der Waals surface area contributed by atoms with Gasteiger partial charge in [-0.3, -0.25) is 19.2 Å². The molecule has 6 rings (SSSR count). The van der Waals surface area contributed by atoms with Crippen LogP contribution in [0.5, 0.6) is 0 Å². The molecule has 3 aromatic carbocycles. The number of nitrogens with zero attached hydrogens (tertiary/aromatic N) is 2. The lowest BCUT2D eigenvalue weighted by atomic mass is 9.70. The maximum Gasteiger partial charge on any atom is 0.313 e. The Morgan fingerprint density at radius 2 is 1.81 bits per heavy atom. The van der Waals surface area contributed by atoms with Crippen LogP contribution in [0.25, 0.3) is 10.8 Å². The van der Waals surface area contributed by atoms with Crippen molar-refractivity contribution in [3.8, 4) is 0 Å². The highest BCUT2D eigenvalue weighted by Crippen LogP contribution is 2.61. The van der Waals surface area contributed by atoms with Gasteiger partial charge in [0, 0.05) is 30.6 Å². The van der Waals surface area contributed by atoms with Crippen LogP contribution in [-0.2, 0) is 33.4 Å². The van der Waals surface area contributed by atoms with Crippen molar-refractivity contribution in [2.45, 2.75) is 73.4 Å². The lowest BCUT2D eigenvalue weighted by Crippen LogP contribution is -2.59. The fourth-order valence-corrected chi connectivity index (χ4v) is 9.44. The van der Waals surface area contributed by atoms with E-state index in [0.717, 1.165) is 10.8 Å². The van der Waals surface area contributed by atoms with E-state index in [9.17, 15) is 19.5 Å². The van der Waals surface area contributed by atoms with Gasteiger partial charge in [0.1, 0.15) is 17.7 Å². The number of esters is 1. The number of rotatable bonds is 17. The van der Waals surface area contributed by atoms with Crippen LogP contribution in [0.3, 0.4) is 0 Å². The van der Waals surface area contributed by atoms with E-state index in [1.54, 1.807) is 29.2 Å². The molecule has 0 radical (unpaired) electrons. The van der Waals surface area contributed by atoms with Crippen molar-refractivity contribution in [2.24, 2.45) is 11.8 Å². The van der Waals surface area contributed by atoms with Gasteiger partial charge in [-0.25, -0.2) is 0 Å². The van der Waals surface area contributed by atoms with Crippen molar-refractivity contribution in [1.82, 2.24) is 10.2 Å². The second-order valence-electron chi connectivity index (χ2n) is 14.1. The van der Waals surface area contributed by atoms with Crippen LogP contribution >= 0.6 is 15.9 Å². The molecule has 0 aromatic heterocycles. The number of aliphatic hydroxyl groups excluding tert-OH is 1. The SMILES string of the molecule is C=CCCC(=O)N[C@H](COC)[C@H](OC(=O)[C@H]1[C@@H]2O[C@@]3(CC2Br)[C@@H]1C(=O)N([C@@H](CC)CO)[C@@H]3C(=O)N(CC=C)c1ccc2ccccc2c1)c1ccccc1. The summed E-state index contributed by atoms with van der Waals surface area (Å²) < 4.78 is 18.6. The Morgan fingerprint density at radius 1 is 1.09 bits per heavy atom. The molecule has 3 heterocycles. The van der Waals surface area contributed by atoms with Crippen molar-refractivity contribution in [1.29, 1.82) is 0 Å². The number of nitrogens with one attached hydrogen (secondary N) is 1. The molecular weight excluding hydrogens is 754 g/mol. The van der Waals surface area contributed by atoms with Crippen molar-refractivity contribution in [2.75, 3.05) is 31.8 Å². The molecule has 3 saturated heterocycles. The first-order chi connectivity index (χ1) is 26.1. The van der Waals surface area contributed by atoms with E-state index in [0.29, 0.717) is 24.1 Å². The van der Waals surface area contributed by atoms with Crippen molar-refractivity contribution >= 4 is 56.1 Å². The molecule has 1 unspecified atom stereocenters. The van der Waals surface area contributed by atoms with Gasteiger partial charge in [0.05, 0.1) is 43.2 Å². The third-order valence-electron chi connectivity index (χ3n) is 10.9. The molecule has 1 spiro atoms. The van der Waals surface area contributed by atoms with Crippen LogP contribution in [-0.4, -0.2) is 95.2 Å². The van der Waals surface area contributed by atoms with Crippen LogP contribution in [0.1, 0.15) is 44.3 Å². The third-order valence-corrected chi connectivity index (χ3v) is 11.8. The number of ether oxygens (including phenoxy) is 3. The minimum atomic E-state index is -1.40. The quantitative estimate of drug-likeness (QED) is 0.107. The molecule has 3 aliphatic heterocycles. The minimum absolute atomic E-state index is 0.0393. The lowest BCUT2D eigenvalue weighted by molar-refractivity contribution is -0.163. The van der Waals surface area contributed by atoms with Gasteiger partial charge >= 0.3 is 5.97 Å². The standard InChI is InChI=1S/C42H48BrN3O8/c1-5-8-18-33(48)44-32(25-52-4)36(27-15-10-9-11-16-27)53-41(51)34-35-39(49)46(29(7-3)24-47)38(42(35)23-31(43)37(34)54-42)40(50)45(21-6-2)30-20-19-26-14-12-13-17-28(26)22-30/h5-6,9-17,19-20,22,29,31-32,34-38,47H,1-2,7-8,18,21,23-25H2,3-4H3,(H,44,48)/t29-,31?,32+,34+,35-,36+,37+,38+,42-/m0/s1. The predicted molar refractivity (Wildman–Crippen MR) is 209 cm³/mol. The number of hydrogen-bond donors (Lipinski definition) is 2. The number of likely N-dealkylation sites (tertiary alicyclic amines) is 1. The number of carbonyl (C=O) groups is 4. The van der Waals surface area contributed by atoms with Crippen molar-refractivity contribution < 1.29 is 38.5 Å². The highest BCUT2D eigenvalue weighted by molar-refractivity contribution is 9.09. The number of carbonyl (C=O) groups excluding carboxylic acids is 4. The summed E-state index contributed by atoms with van der Waals surface area (Å²) in [5.41, 5.74) is -0.157. The average molecular weight is 803 g/mol. The summed E-state index contributed by atoms with van der Waals surface area (Å²) in [5.74, 6) is -3.96. The molecular formula is C42H48BrN3O8. The van der Waals surface area contributed by atoms with Gasteiger partial charge in [0.15, 0.2) is 0 Å². The maximum absolute atomic E-state index is 15.1. The van der Waals surface area contributed by atoms with E-state index in [4.69, 9.17) is 14.2 Å². The van der Waals surface area contributed by atoms with E-state index >= 15 is 4.79 Å². The van der Waals surface area contributed by atoms with Crippen LogP contribution < -0.4 is 10.2 Å². The summed E-state index contributed by atoms with van der Waals surface area (Å²) >= 11 is 3.75. The first kappa shape index (κ1) is 39.3. The van der Waals surface area contributed by atoms with Crippen molar-refractivity contribution in [3.05, 3.63) is 104 Å². The number of benzene rings is 3. The number of amides is 3. The molecule has 0 saturated carbocycles. The number of aliphatic hydroxyl groups is 1. The molecule has 3 amide bonds. The fraction of sp³-hybridized carbons (Fsp3) is 0.429. The largest absolute Gasteiger partial charge is 0.455 e. The Labute approximate surface area is 324 Å². The molecule has 286 valence electrons. The summed E-state index contributed by atoms with van der Waals surface area (Å²) in [6, 6.07) is 20.0. The third kappa shape index (κ3) is 7.24. The van der Waals surface area contributed by atoms with Gasteiger partial charge in [-0.05, 0) is 47.7 Å². The Hall–Kier alpha value is -4.36. The normalized spacial score (nSPS) is 25.8. The van der Waals surface area contributed by atoms with E-state index < -0.39 is 65.6 Å². The molecule has 3 aliphatic rings. The number of halogens is 1. The van der Waals surface area contributed by atoms with Crippen LogP contribution in [0.4, 0.5) is 5.69 Å². The molecule has 3 fully saturated rings. The van der Waals surface area contributed by atoms with Crippen LogP contribution in [0, 0.1) is 11.8 Å². The van der Waals surface area contributed by atoms with E-state index in [1.165, 1.54) is 12.0 Å².